The molecule has 0 N–H and O–H groups in total. The first kappa shape index (κ1) is 26.1. The highest BCUT2D eigenvalue weighted by molar-refractivity contribution is 6.22. The van der Waals surface area contributed by atoms with Crippen LogP contribution in [0.3, 0.4) is 0 Å². The minimum Gasteiger partial charge on any atom is -0.455 e. The van der Waals surface area contributed by atoms with Gasteiger partial charge >= 0.3 is 0 Å². The van der Waals surface area contributed by atoms with Gasteiger partial charge in [0.25, 0.3) is 0 Å². The Kier molecular flexibility index (Phi) is 5.92. The highest BCUT2D eigenvalue weighted by atomic mass is 16.3. The molecule has 10 aromatic carbocycles. The van der Waals surface area contributed by atoms with Crippen molar-refractivity contribution in [1.82, 2.24) is 4.57 Å². The fraction of sp³-hybridized carbons (Fsp3) is 0. The monoisotopic (exact) mass is 760 g/mol. The number of hydrogen-bond acceptors (Lipinski definition) is 2. The first-order chi connectivity index (χ1) is 32.6. The van der Waals surface area contributed by atoms with Gasteiger partial charge in [-0.25, -0.2) is 0 Å². The second-order valence-corrected chi connectivity index (χ2v) is 14.7. The average molecular weight is 761 g/mol. The molecule has 0 aliphatic heterocycles. The van der Waals surface area contributed by atoms with Crippen LogP contribution < -0.4 is 4.90 Å². The lowest BCUT2D eigenvalue weighted by Gasteiger charge is -2.28. The lowest BCUT2D eigenvalue weighted by molar-refractivity contribution is 0.673. The third-order valence-corrected chi connectivity index (χ3v) is 11.3. The minimum atomic E-state index is -0.430. The van der Waals surface area contributed by atoms with Crippen molar-refractivity contribution >= 4 is 82.4 Å². The van der Waals surface area contributed by atoms with Crippen LogP contribution in [0.15, 0.2) is 223 Å². The molecule has 0 bridgehead atoms. The molecule has 0 atom stereocenters. The number of hydrogen-bond donors (Lipinski definition) is 0. The zero-order valence-corrected chi connectivity index (χ0v) is 31.5. The number of nitrogens with zero attached hydrogens (tertiary/aromatic N) is 2. The molecular weight excluding hydrogens is 717 g/mol. The molecule has 0 aliphatic rings. The van der Waals surface area contributed by atoms with E-state index in [1.165, 1.54) is 4.90 Å². The van der Waals surface area contributed by atoms with Crippen molar-refractivity contribution in [3.05, 3.63) is 218 Å². The average Bonchev–Trinajstić information content (AvgIpc) is 3.91. The molecule has 0 fully saturated rings. The summed E-state index contributed by atoms with van der Waals surface area (Å²) in [6.07, 6.45) is 0. The van der Waals surface area contributed by atoms with Crippen LogP contribution in [-0.4, -0.2) is 4.57 Å². The van der Waals surface area contributed by atoms with E-state index in [9.17, 15) is 11.0 Å². The zero-order chi connectivity index (χ0) is 45.8. The Morgan fingerprint density at radius 3 is 1.75 bits per heavy atom. The highest BCUT2D eigenvalue weighted by Gasteiger charge is 2.22. The predicted molar refractivity (Wildman–Crippen MR) is 249 cm³/mol. The Hall–Kier alpha value is -7.88. The van der Waals surface area contributed by atoms with Crippen LogP contribution in [0, 0.1) is 0 Å². The number of aromatic nitrogens is 1. The Labute approximate surface area is 352 Å². The molecule has 0 radical (unpaired) electrons. The van der Waals surface area contributed by atoms with Gasteiger partial charge in [0.1, 0.15) is 11.2 Å². The number of anilines is 3. The molecule has 0 spiro atoms. The van der Waals surface area contributed by atoms with Crippen molar-refractivity contribution in [3.8, 4) is 27.9 Å². The summed E-state index contributed by atoms with van der Waals surface area (Å²) in [5.41, 5.74) is 4.51. The van der Waals surface area contributed by atoms with Crippen LogP contribution in [-0.2, 0) is 0 Å². The van der Waals surface area contributed by atoms with Gasteiger partial charge in [-0.3, -0.25) is 0 Å². The van der Waals surface area contributed by atoms with E-state index in [1.54, 1.807) is 22.8 Å². The molecule has 2 heterocycles. The van der Waals surface area contributed by atoms with Gasteiger partial charge in [0.15, 0.2) is 0 Å². The van der Waals surface area contributed by atoms with Gasteiger partial charge < -0.3 is 13.9 Å². The van der Waals surface area contributed by atoms with Crippen molar-refractivity contribution in [2.75, 3.05) is 4.90 Å². The largest absolute Gasteiger partial charge is 0.455 e. The number of benzene rings is 10. The van der Waals surface area contributed by atoms with E-state index in [1.807, 2.05) is 146 Å². The van der Waals surface area contributed by atoms with Crippen LogP contribution in [0.5, 0.6) is 0 Å². The first-order valence-electron chi connectivity index (χ1n) is 23.5. The number of rotatable bonds is 6. The van der Waals surface area contributed by atoms with Crippen LogP contribution >= 0.6 is 0 Å². The molecule has 59 heavy (non-hydrogen) atoms. The summed E-state index contributed by atoms with van der Waals surface area (Å²) < 4.78 is 86.7. The Bertz CT molecular complexity index is 3950. The quantitative estimate of drug-likeness (QED) is 0.168. The van der Waals surface area contributed by atoms with Gasteiger partial charge in [0.05, 0.1) is 27.7 Å². The smallest absolute Gasteiger partial charge is 0.143 e. The maximum atomic E-state index is 9.94. The summed E-state index contributed by atoms with van der Waals surface area (Å²) >= 11 is 0. The Morgan fingerprint density at radius 2 is 1.00 bits per heavy atom. The van der Waals surface area contributed by atoms with Gasteiger partial charge in [-0.1, -0.05) is 146 Å². The summed E-state index contributed by atoms with van der Waals surface area (Å²) in [6.45, 7) is 0. The molecule has 0 amide bonds. The summed E-state index contributed by atoms with van der Waals surface area (Å²) in [5.74, 6) is 0. The molecule has 0 saturated carbocycles. The number of para-hydroxylation sites is 4. The van der Waals surface area contributed by atoms with Crippen molar-refractivity contribution in [2.24, 2.45) is 0 Å². The number of fused-ring (bicyclic) bond motifs is 9. The van der Waals surface area contributed by atoms with Crippen LogP contribution in [0.2, 0.25) is 0 Å². The van der Waals surface area contributed by atoms with E-state index < -0.39 is 24.2 Å². The molecule has 12 rings (SSSR count). The standard InChI is InChI=1S/C56H36N2O/c1-2-14-39-35-40(26-25-37(39)13-1)38-27-29-42(30-28-38)57(43-31-33-44(34-32-43)58-52-22-10-5-17-46(52)47-18-6-11-23-53(47)58)51-21-9-7-19-48(51)50-36-41-15-3-4-16-45(41)56-55(50)49-20-8-12-24-54(49)59-56/h1-36H/i27D,28D,29D,30D,31D,32D,33D,34D. The highest BCUT2D eigenvalue weighted by Crippen LogP contribution is 2.47. The molecule has 3 nitrogen and oxygen atoms in total. The maximum Gasteiger partial charge on any atom is 0.143 e. The third kappa shape index (κ3) is 5.36. The van der Waals surface area contributed by atoms with Crippen LogP contribution in [0.25, 0.3) is 93.2 Å². The molecule has 0 unspecified atom stereocenters. The Balaban J connectivity index is 1.18. The summed E-state index contributed by atoms with van der Waals surface area (Å²) in [4.78, 5) is 1.40. The van der Waals surface area contributed by atoms with Crippen molar-refractivity contribution in [3.63, 3.8) is 0 Å². The van der Waals surface area contributed by atoms with Crippen molar-refractivity contribution < 1.29 is 15.4 Å². The molecule has 12 aromatic rings. The predicted octanol–water partition coefficient (Wildman–Crippen LogP) is 15.8. The second-order valence-electron chi connectivity index (χ2n) is 14.7. The SMILES string of the molecule is [2H]c1c([2H])c(N(c2ccccc2-c2cc3ccccc3c3oc4ccccc4c23)c2c([2H])c([2H])c(-n3c4ccccc4c4ccccc43)c([2H])c2[2H])c([2H])c([2H])c1-c1ccc2ccccc2c1. The van der Waals surface area contributed by atoms with Gasteiger partial charge in [-0.15, -0.1) is 0 Å². The normalized spacial score (nSPS) is 13.6. The third-order valence-electron chi connectivity index (χ3n) is 11.3. The van der Waals surface area contributed by atoms with E-state index >= 15 is 0 Å². The summed E-state index contributed by atoms with van der Waals surface area (Å²) in [6, 6.07) is 50.5. The fourth-order valence-electron chi connectivity index (χ4n) is 8.61. The van der Waals surface area contributed by atoms with Gasteiger partial charge in [0, 0.05) is 49.6 Å². The van der Waals surface area contributed by atoms with E-state index in [0.29, 0.717) is 39.0 Å². The Morgan fingerprint density at radius 1 is 0.424 bits per heavy atom. The number of furan rings is 1. The van der Waals surface area contributed by atoms with Gasteiger partial charge in [-0.2, -0.15) is 0 Å². The van der Waals surface area contributed by atoms with Crippen LogP contribution in [0.1, 0.15) is 11.0 Å². The molecule has 3 heteroatoms. The second kappa shape index (κ2) is 13.4. The van der Waals surface area contributed by atoms with Crippen LogP contribution in [0.4, 0.5) is 17.1 Å². The molecule has 0 saturated heterocycles. The lowest BCUT2D eigenvalue weighted by atomic mass is 9.93. The molecule has 276 valence electrons. The van der Waals surface area contributed by atoms with E-state index in [0.717, 1.165) is 48.7 Å². The fourth-order valence-corrected chi connectivity index (χ4v) is 8.61. The van der Waals surface area contributed by atoms with E-state index in [2.05, 4.69) is 6.07 Å². The van der Waals surface area contributed by atoms with E-state index in [-0.39, 0.29) is 46.8 Å². The maximum absolute atomic E-state index is 9.94. The van der Waals surface area contributed by atoms with E-state index in [4.69, 9.17) is 4.42 Å². The molecule has 0 aliphatic carbocycles. The lowest BCUT2D eigenvalue weighted by Crippen LogP contribution is -2.11. The minimum absolute atomic E-state index is 0.0386. The molecular formula is C56H36N2O. The van der Waals surface area contributed by atoms with Gasteiger partial charge in [-0.05, 0) is 106 Å². The summed E-state index contributed by atoms with van der Waals surface area (Å²) in [5, 5.41) is 7.04. The van der Waals surface area contributed by atoms with Crippen molar-refractivity contribution in [2.45, 2.75) is 0 Å². The zero-order valence-electron chi connectivity index (χ0n) is 39.5. The summed E-state index contributed by atoms with van der Waals surface area (Å²) in [7, 11) is 0. The topological polar surface area (TPSA) is 21.3 Å². The van der Waals surface area contributed by atoms with Gasteiger partial charge in [0.2, 0.25) is 0 Å². The molecule has 2 aromatic heterocycles. The van der Waals surface area contributed by atoms with Crippen molar-refractivity contribution in [1.29, 1.82) is 0 Å². The first-order valence-corrected chi connectivity index (χ1v) is 19.5.